The maximum Gasteiger partial charge on any atom is 0.276 e. The average Bonchev–Trinajstić information content (AvgIpc) is 2.82. The van der Waals surface area contributed by atoms with Crippen molar-refractivity contribution in [3.63, 3.8) is 0 Å². The van der Waals surface area contributed by atoms with Crippen molar-refractivity contribution in [1.29, 1.82) is 0 Å². The molecule has 1 saturated heterocycles. The second-order valence-electron chi connectivity index (χ2n) is 5.21. The Morgan fingerprint density at radius 2 is 1.81 bits per heavy atom. The van der Waals surface area contributed by atoms with Gasteiger partial charge < -0.3 is 4.90 Å². The molecule has 1 aromatic heterocycles. The van der Waals surface area contributed by atoms with E-state index in [2.05, 4.69) is 10.3 Å². The minimum atomic E-state index is -0.0461. The number of carbonyl (C=O) groups excluding carboxylic acids is 1. The summed E-state index contributed by atoms with van der Waals surface area (Å²) in [6.07, 6.45) is 6.15. The lowest BCUT2D eigenvalue weighted by atomic mass is 10.2. The number of rotatable bonds is 2. The first-order valence-electron chi connectivity index (χ1n) is 7.22. The van der Waals surface area contributed by atoms with E-state index in [1.165, 1.54) is 12.8 Å². The number of hydrogen-bond acceptors (Lipinski definition) is 3. The van der Waals surface area contributed by atoms with Crippen molar-refractivity contribution < 1.29 is 4.79 Å². The van der Waals surface area contributed by atoms with Crippen molar-refractivity contribution >= 4 is 17.5 Å². The Hall–Kier alpha value is -1.88. The van der Waals surface area contributed by atoms with E-state index in [0.29, 0.717) is 10.7 Å². The fourth-order valence-electron chi connectivity index (χ4n) is 2.55. The first-order chi connectivity index (χ1) is 10.3. The number of para-hydroxylation sites is 1. The highest BCUT2D eigenvalue weighted by atomic mass is 35.5. The van der Waals surface area contributed by atoms with E-state index in [0.717, 1.165) is 31.6 Å². The third-order valence-electron chi connectivity index (χ3n) is 3.71. The van der Waals surface area contributed by atoms with Gasteiger partial charge in [0.05, 0.1) is 16.9 Å². The van der Waals surface area contributed by atoms with Crippen LogP contribution in [0, 0.1) is 0 Å². The smallest absolute Gasteiger partial charge is 0.276 e. The van der Waals surface area contributed by atoms with Gasteiger partial charge in [-0.2, -0.15) is 0 Å². The number of aromatic nitrogens is 3. The highest BCUT2D eigenvalue weighted by Gasteiger charge is 2.20. The lowest BCUT2D eigenvalue weighted by Crippen LogP contribution is -2.32. The van der Waals surface area contributed by atoms with Crippen molar-refractivity contribution in [2.75, 3.05) is 13.1 Å². The molecule has 1 aromatic carbocycles. The summed E-state index contributed by atoms with van der Waals surface area (Å²) in [6.45, 7) is 1.61. The molecular formula is C15H17ClN4O. The minimum Gasteiger partial charge on any atom is -0.337 e. The maximum atomic E-state index is 12.5. The van der Waals surface area contributed by atoms with Gasteiger partial charge in [0.1, 0.15) is 0 Å². The molecule has 0 unspecified atom stereocenters. The monoisotopic (exact) mass is 304 g/mol. The van der Waals surface area contributed by atoms with Crippen LogP contribution in [0.1, 0.15) is 36.2 Å². The van der Waals surface area contributed by atoms with Crippen LogP contribution < -0.4 is 0 Å². The number of benzene rings is 1. The predicted octanol–water partition coefficient (Wildman–Crippen LogP) is 2.94. The van der Waals surface area contributed by atoms with Gasteiger partial charge in [-0.1, -0.05) is 41.8 Å². The number of carbonyl (C=O) groups is 1. The largest absolute Gasteiger partial charge is 0.337 e. The van der Waals surface area contributed by atoms with Crippen LogP contribution in [0.2, 0.25) is 5.02 Å². The van der Waals surface area contributed by atoms with E-state index < -0.39 is 0 Å². The van der Waals surface area contributed by atoms with Crippen molar-refractivity contribution in [1.82, 2.24) is 19.9 Å². The Morgan fingerprint density at radius 1 is 1.10 bits per heavy atom. The Labute approximate surface area is 128 Å². The molecule has 1 aliphatic rings. The molecule has 0 saturated carbocycles. The van der Waals surface area contributed by atoms with Gasteiger partial charge in [0, 0.05) is 13.1 Å². The molecule has 3 rings (SSSR count). The quantitative estimate of drug-likeness (QED) is 0.857. The average molecular weight is 305 g/mol. The van der Waals surface area contributed by atoms with E-state index in [-0.39, 0.29) is 5.91 Å². The van der Waals surface area contributed by atoms with Gasteiger partial charge in [-0.25, -0.2) is 4.68 Å². The van der Waals surface area contributed by atoms with Crippen molar-refractivity contribution in [3.05, 3.63) is 41.2 Å². The molecule has 2 heterocycles. The molecule has 2 aromatic rings. The molecule has 5 nitrogen and oxygen atoms in total. The Kier molecular flexibility index (Phi) is 4.20. The molecule has 0 bridgehead atoms. The highest BCUT2D eigenvalue weighted by Crippen LogP contribution is 2.19. The predicted molar refractivity (Wildman–Crippen MR) is 80.7 cm³/mol. The summed E-state index contributed by atoms with van der Waals surface area (Å²) in [5, 5.41) is 8.60. The number of amides is 1. The second-order valence-corrected chi connectivity index (χ2v) is 5.61. The standard InChI is InChI=1S/C15H17ClN4O/c16-12-7-3-4-8-14(12)20-11-13(17-18-20)15(21)19-9-5-1-2-6-10-19/h3-4,7-8,11H,1-2,5-6,9-10H2. The molecule has 1 amide bonds. The van der Waals surface area contributed by atoms with Crippen LogP contribution in [-0.4, -0.2) is 38.9 Å². The first kappa shape index (κ1) is 14.1. The normalized spacial score (nSPS) is 15.8. The van der Waals surface area contributed by atoms with Crippen molar-refractivity contribution in [3.8, 4) is 5.69 Å². The van der Waals surface area contributed by atoms with E-state index in [1.807, 2.05) is 23.1 Å². The summed E-state index contributed by atoms with van der Waals surface area (Å²) in [5.41, 5.74) is 1.10. The fraction of sp³-hybridized carbons (Fsp3) is 0.400. The van der Waals surface area contributed by atoms with Crippen LogP contribution in [0.3, 0.4) is 0 Å². The molecule has 6 heteroatoms. The summed E-state index contributed by atoms with van der Waals surface area (Å²) in [6, 6.07) is 7.36. The topological polar surface area (TPSA) is 51.0 Å². The first-order valence-corrected chi connectivity index (χ1v) is 7.60. The number of likely N-dealkylation sites (tertiary alicyclic amines) is 1. The molecule has 110 valence electrons. The number of nitrogens with zero attached hydrogens (tertiary/aromatic N) is 4. The molecule has 1 aliphatic heterocycles. The summed E-state index contributed by atoms with van der Waals surface area (Å²) in [5.74, 6) is -0.0461. The molecular weight excluding hydrogens is 288 g/mol. The van der Waals surface area contributed by atoms with Gasteiger partial charge in [0.2, 0.25) is 0 Å². The Morgan fingerprint density at radius 3 is 2.52 bits per heavy atom. The van der Waals surface area contributed by atoms with E-state index in [4.69, 9.17) is 11.6 Å². The number of halogens is 1. The van der Waals surface area contributed by atoms with Crippen LogP contribution in [0.25, 0.3) is 5.69 Å². The summed E-state index contributed by atoms with van der Waals surface area (Å²) >= 11 is 6.13. The van der Waals surface area contributed by atoms with Gasteiger partial charge in [0.25, 0.3) is 5.91 Å². The summed E-state index contributed by atoms with van der Waals surface area (Å²) in [7, 11) is 0. The van der Waals surface area contributed by atoms with Gasteiger partial charge in [-0.15, -0.1) is 5.10 Å². The SMILES string of the molecule is O=C(c1cn(-c2ccccc2Cl)nn1)N1CCCCCC1. The van der Waals surface area contributed by atoms with E-state index >= 15 is 0 Å². The zero-order valence-corrected chi connectivity index (χ0v) is 12.5. The minimum absolute atomic E-state index is 0.0461. The van der Waals surface area contributed by atoms with E-state index in [1.54, 1.807) is 16.9 Å². The lowest BCUT2D eigenvalue weighted by Gasteiger charge is -2.18. The molecule has 0 spiro atoms. The molecule has 21 heavy (non-hydrogen) atoms. The summed E-state index contributed by atoms with van der Waals surface area (Å²) < 4.78 is 1.55. The van der Waals surface area contributed by atoms with Gasteiger partial charge >= 0.3 is 0 Å². The van der Waals surface area contributed by atoms with Crippen LogP contribution in [0.4, 0.5) is 0 Å². The molecule has 1 fully saturated rings. The van der Waals surface area contributed by atoms with Gasteiger partial charge in [0.15, 0.2) is 5.69 Å². The molecule has 0 radical (unpaired) electrons. The zero-order valence-electron chi connectivity index (χ0n) is 11.7. The number of hydrogen-bond donors (Lipinski definition) is 0. The molecule has 0 atom stereocenters. The van der Waals surface area contributed by atoms with Crippen molar-refractivity contribution in [2.45, 2.75) is 25.7 Å². The Balaban J connectivity index is 1.81. The maximum absolute atomic E-state index is 12.5. The van der Waals surface area contributed by atoms with Gasteiger partial charge in [-0.05, 0) is 25.0 Å². The van der Waals surface area contributed by atoms with E-state index in [9.17, 15) is 4.79 Å². The molecule has 0 aliphatic carbocycles. The highest BCUT2D eigenvalue weighted by molar-refractivity contribution is 6.32. The van der Waals surface area contributed by atoms with Crippen molar-refractivity contribution in [2.24, 2.45) is 0 Å². The third-order valence-corrected chi connectivity index (χ3v) is 4.02. The third kappa shape index (κ3) is 3.08. The van der Waals surface area contributed by atoms with Gasteiger partial charge in [-0.3, -0.25) is 4.79 Å². The molecule has 0 N–H and O–H groups in total. The fourth-order valence-corrected chi connectivity index (χ4v) is 2.78. The summed E-state index contributed by atoms with van der Waals surface area (Å²) in [4.78, 5) is 14.3. The van der Waals surface area contributed by atoms with Crippen LogP contribution in [0.15, 0.2) is 30.5 Å². The Bertz CT molecular complexity index is 632. The lowest BCUT2D eigenvalue weighted by molar-refractivity contribution is 0.0755. The van der Waals surface area contributed by atoms with Crippen LogP contribution in [-0.2, 0) is 0 Å². The van der Waals surface area contributed by atoms with Crippen LogP contribution >= 0.6 is 11.6 Å². The second kappa shape index (κ2) is 6.26. The zero-order chi connectivity index (χ0) is 14.7. The van der Waals surface area contributed by atoms with Crippen LogP contribution in [0.5, 0.6) is 0 Å².